The number of rotatable bonds is 5. The Bertz CT molecular complexity index is 503. The van der Waals surface area contributed by atoms with E-state index in [0.29, 0.717) is 26.2 Å². The van der Waals surface area contributed by atoms with Crippen LogP contribution < -0.4 is 5.32 Å². The highest BCUT2D eigenvalue weighted by atomic mass is 16.5. The van der Waals surface area contributed by atoms with Crippen LogP contribution in [0.5, 0.6) is 0 Å². The molecule has 0 bridgehead atoms. The summed E-state index contributed by atoms with van der Waals surface area (Å²) in [6.07, 6.45) is 1.30. The lowest BCUT2D eigenvalue weighted by Gasteiger charge is -2.27. The minimum absolute atomic E-state index is 0.0392. The van der Waals surface area contributed by atoms with Crippen LogP contribution in [0.2, 0.25) is 0 Å². The smallest absolute Gasteiger partial charge is 0.142 e. The monoisotopic (exact) mass is 289 g/mol. The van der Waals surface area contributed by atoms with Gasteiger partial charge in [-0.15, -0.1) is 0 Å². The number of hydrogen-bond acceptors (Lipinski definition) is 4. The molecule has 3 atom stereocenters. The summed E-state index contributed by atoms with van der Waals surface area (Å²) >= 11 is 0. The van der Waals surface area contributed by atoms with Crippen molar-refractivity contribution in [3.63, 3.8) is 0 Å². The van der Waals surface area contributed by atoms with Gasteiger partial charge < -0.3 is 14.8 Å². The lowest BCUT2D eigenvalue weighted by molar-refractivity contribution is -0.126. The number of carbonyl (C=O) groups is 1. The number of carbonyl (C=O) groups excluding carboxylic acids is 1. The summed E-state index contributed by atoms with van der Waals surface area (Å²) in [5.41, 5.74) is 2.49. The van der Waals surface area contributed by atoms with Gasteiger partial charge in [-0.2, -0.15) is 0 Å². The van der Waals surface area contributed by atoms with Gasteiger partial charge in [0.2, 0.25) is 0 Å². The van der Waals surface area contributed by atoms with E-state index in [0.717, 1.165) is 13.0 Å². The molecule has 3 unspecified atom stereocenters. The normalized spacial score (nSPS) is 28.3. The van der Waals surface area contributed by atoms with Crippen LogP contribution >= 0.6 is 0 Å². The van der Waals surface area contributed by atoms with E-state index < -0.39 is 0 Å². The molecule has 2 aliphatic rings. The van der Waals surface area contributed by atoms with E-state index in [2.05, 4.69) is 30.4 Å². The third kappa shape index (κ3) is 3.18. The van der Waals surface area contributed by atoms with Gasteiger partial charge in [-0.3, -0.25) is 4.79 Å². The second-order valence-corrected chi connectivity index (χ2v) is 5.79. The zero-order chi connectivity index (χ0) is 14.7. The molecule has 1 aromatic carbocycles. The van der Waals surface area contributed by atoms with Crippen molar-refractivity contribution >= 4 is 5.78 Å². The van der Waals surface area contributed by atoms with Crippen LogP contribution in [-0.2, 0) is 20.7 Å². The van der Waals surface area contributed by atoms with Crippen LogP contribution in [0.25, 0.3) is 0 Å². The van der Waals surface area contributed by atoms with Crippen molar-refractivity contribution in [3.8, 4) is 0 Å². The predicted molar refractivity (Wildman–Crippen MR) is 80.2 cm³/mol. The van der Waals surface area contributed by atoms with Crippen LogP contribution in [0.4, 0.5) is 0 Å². The first kappa shape index (κ1) is 14.7. The van der Waals surface area contributed by atoms with E-state index in [1.165, 1.54) is 11.1 Å². The number of ketones is 1. The predicted octanol–water partition coefficient (Wildman–Crippen LogP) is 1.88. The molecule has 0 spiro atoms. The molecule has 2 heterocycles. The Labute approximate surface area is 125 Å². The second-order valence-electron chi connectivity index (χ2n) is 5.79. The largest absolute Gasteiger partial charge is 0.379 e. The standard InChI is InChI=1S/C17H23NO3/c1-2-18-15-11-20-10-14(15)16(19)9-17-13-6-4-3-5-12(13)7-8-21-17/h3-6,14-15,17-18H,2,7-11H2,1H3. The molecule has 1 N–H and O–H groups in total. The maximum atomic E-state index is 12.6. The van der Waals surface area contributed by atoms with Gasteiger partial charge in [0.25, 0.3) is 0 Å². The highest BCUT2D eigenvalue weighted by Gasteiger charge is 2.35. The van der Waals surface area contributed by atoms with Crippen molar-refractivity contribution in [2.75, 3.05) is 26.4 Å². The molecule has 2 aliphatic heterocycles. The third-order valence-electron chi connectivity index (χ3n) is 4.44. The Balaban J connectivity index is 1.68. The minimum Gasteiger partial charge on any atom is -0.379 e. The van der Waals surface area contributed by atoms with Gasteiger partial charge in [0, 0.05) is 12.5 Å². The number of likely N-dealkylation sites (N-methyl/N-ethyl adjacent to an activating group) is 1. The topological polar surface area (TPSA) is 47.6 Å². The molecule has 1 saturated heterocycles. The summed E-state index contributed by atoms with van der Waals surface area (Å²) in [5, 5.41) is 3.35. The van der Waals surface area contributed by atoms with E-state index >= 15 is 0 Å². The average Bonchev–Trinajstić information content (AvgIpc) is 2.96. The summed E-state index contributed by atoms with van der Waals surface area (Å²) in [6.45, 7) is 4.78. The van der Waals surface area contributed by atoms with E-state index in [1.807, 2.05) is 6.07 Å². The molecule has 0 saturated carbocycles. The van der Waals surface area contributed by atoms with Gasteiger partial charge in [-0.1, -0.05) is 31.2 Å². The average molecular weight is 289 g/mol. The molecule has 114 valence electrons. The van der Waals surface area contributed by atoms with E-state index in [1.54, 1.807) is 0 Å². The van der Waals surface area contributed by atoms with Crippen LogP contribution in [-0.4, -0.2) is 38.2 Å². The van der Waals surface area contributed by atoms with Crippen molar-refractivity contribution in [2.24, 2.45) is 5.92 Å². The molecule has 0 aromatic heterocycles. The van der Waals surface area contributed by atoms with Crippen LogP contribution in [0.15, 0.2) is 24.3 Å². The summed E-state index contributed by atoms with van der Waals surface area (Å²) in [5.74, 6) is 0.211. The molecule has 21 heavy (non-hydrogen) atoms. The Kier molecular flexibility index (Phi) is 4.68. The number of Topliss-reactive ketones (excluding diaryl/α,β-unsaturated/α-hetero) is 1. The zero-order valence-electron chi connectivity index (χ0n) is 12.5. The summed E-state index contributed by atoms with van der Waals surface area (Å²) in [6, 6.07) is 8.44. The molecule has 0 amide bonds. The van der Waals surface area contributed by atoms with E-state index in [4.69, 9.17) is 9.47 Å². The minimum atomic E-state index is -0.0923. The van der Waals surface area contributed by atoms with Crippen LogP contribution in [0, 0.1) is 5.92 Å². The summed E-state index contributed by atoms with van der Waals surface area (Å²) < 4.78 is 11.3. The van der Waals surface area contributed by atoms with Gasteiger partial charge in [-0.05, 0) is 24.1 Å². The molecule has 4 heteroatoms. The van der Waals surface area contributed by atoms with Crippen molar-refractivity contribution in [3.05, 3.63) is 35.4 Å². The van der Waals surface area contributed by atoms with E-state index in [9.17, 15) is 4.79 Å². The fourth-order valence-corrected chi connectivity index (χ4v) is 3.31. The van der Waals surface area contributed by atoms with Crippen LogP contribution in [0.3, 0.4) is 0 Å². The number of ether oxygens (including phenoxy) is 2. The lowest BCUT2D eigenvalue weighted by Crippen LogP contribution is -2.39. The lowest BCUT2D eigenvalue weighted by atomic mass is 9.89. The number of benzene rings is 1. The first-order chi connectivity index (χ1) is 10.3. The second kappa shape index (κ2) is 6.69. The summed E-state index contributed by atoms with van der Waals surface area (Å²) in [4.78, 5) is 12.6. The fourth-order valence-electron chi connectivity index (χ4n) is 3.31. The van der Waals surface area contributed by atoms with Gasteiger partial charge >= 0.3 is 0 Å². The molecular formula is C17H23NO3. The SMILES string of the molecule is CCNC1COCC1C(=O)CC1OCCc2ccccc21. The Morgan fingerprint density at radius 2 is 2.19 bits per heavy atom. The van der Waals surface area contributed by atoms with Gasteiger partial charge in [0.1, 0.15) is 5.78 Å². The highest BCUT2D eigenvalue weighted by Crippen LogP contribution is 2.31. The Hall–Kier alpha value is -1.23. The highest BCUT2D eigenvalue weighted by molar-refractivity contribution is 5.83. The maximum absolute atomic E-state index is 12.6. The third-order valence-corrected chi connectivity index (χ3v) is 4.44. The van der Waals surface area contributed by atoms with Crippen molar-refractivity contribution in [2.45, 2.75) is 31.9 Å². The molecule has 0 radical (unpaired) electrons. The van der Waals surface area contributed by atoms with Crippen LogP contribution in [0.1, 0.15) is 30.6 Å². The van der Waals surface area contributed by atoms with Gasteiger partial charge in [0.05, 0.1) is 31.8 Å². The molecule has 0 aliphatic carbocycles. The molecule has 4 nitrogen and oxygen atoms in total. The number of nitrogens with one attached hydrogen (secondary N) is 1. The van der Waals surface area contributed by atoms with Crippen molar-refractivity contribution in [1.82, 2.24) is 5.32 Å². The molecule has 1 aromatic rings. The quantitative estimate of drug-likeness (QED) is 0.899. The first-order valence-electron chi connectivity index (χ1n) is 7.83. The number of hydrogen-bond donors (Lipinski definition) is 1. The molecular weight excluding hydrogens is 266 g/mol. The van der Waals surface area contributed by atoms with Gasteiger partial charge in [0.15, 0.2) is 0 Å². The molecule has 1 fully saturated rings. The van der Waals surface area contributed by atoms with E-state index in [-0.39, 0.29) is 23.8 Å². The Morgan fingerprint density at radius 3 is 3.05 bits per heavy atom. The first-order valence-corrected chi connectivity index (χ1v) is 7.83. The zero-order valence-corrected chi connectivity index (χ0v) is 12.5. The summed E-state index contributed by atoms with van der Waals surface area (Å²) in [7, 11) is 0. The van der Waals surface area contributed by atoms with Crippen molar-refractivity contribution in [1.29, 1.82) is 0 Å². The Morgan fingerprint density at radius 1 is 1.33 bits per heavy atom. The van der Waals surface area contributed by atoms with Gasteiger partial charge in [-0.25, -0.2) is 0 Å². The van der Waals surface area contributed by atoms with Crippen molar-refractivity contribution < 1.29 is 14.3 Å². The maximum Gasteiger partial charge on any atom is 0.142 e. The number of fused-ring (bicyclic) bond motifs is 1. The fraction of sp³-hybridized carbons (Fsp3) is 0.588. The molecule has 3 rings (SSSR count).